The number of hydrogen-bond donors (Lipinski definition) is 0. The van der Waals surface area contributed by atoms with Crippen LogP contribution in [0.4, 0.5) is 0 Å². The fraction of sp³-hybridized carbons (Fsp3) is 0.375. The molecule has 0 amide bonds. The van der Waals surface area contributed by atoms with Gasteiger partial charge in [-0.15, -0.1) is 0 Å². The third-order valence-corrected chi connectivity index (χ3v) is 0.785. The van der Waals surface area contributed by atoms with E-state index in [1.807, 2.05) is 13.0 Å². The molecule has 2 nitrogen and oxygen atoms in total. The molecule has 0 unspecified atom stereocenters. The molecule has 0 aliphatic heterocycles. The second-order valence-electron chi connectivity index (χ2n) is 2.05. The summed E-state index contributed by atoms with van der Waals surface area (Å²) in [5.41, 5.74) is 0.951. The highest BCUT2D eigenvalue weighted by Gasteiger charge is 1.85. The summed E-state index contributed by atoms with van der Waals surface area (Å²) < 4.78 is 4.63. The topological polar surface area (TPSA) is 26.3 Å². The van der Waals surface area contributed by atoms with Crippen molar-refractivity contribution in [3.05, 3.63) is 24.3 Å². The van der Waals surface area contributed by atoms with E-state index >= 15 is 0 Å². The summed E-state index contributed by atoms with van der Waals surface area (Å²) in [4.78, 5) is 10.2. The summed E-state index contributed by atoms with van der Waals surface area (Å²) in [6, 6.07) is 0. The van der Waals surface area contributed by atoms with Crippen LogP contribution in [-0.4, -0.2) is 12.6 Å². The Morgan fingerprint density at radius 2 is 2.20 bits per heavy atom. The fourth-order valence-corrected chi connectivity index (χ4v) is 0.415. The average molecular weight is 140 g/mol. The van der Waals surface area contributed by atoms with E-state index in [9.17, 15) is 4.79 Å². The summed E-state index contributed by atoms with van der Waals surface area (Å²) in [6.07, 6.45) is 3.56. The van der Waals surface area contributed by atoms with Gasteiger partial charge in [-0.05, 0) is 13.0 Å². The lowest BCUT2D eigenvalue weighted by molar-refractivity contribution is -0.139. The largest absolute Gasteiger partial charge is 0.462 e. The number of carbonyl (C=O) groups is 1. The standard InChI is InChI=1S/C8H12O2/c1-7(2)5-4-6-10-8(3)9/h4-5H,1,6H2,2-3H3. The molecule has 0 aromatic carbocycles. The zero-order valence-electron chi connectivity index (χ0n) is 6.39. The van der Waals surface area contributed by atoms with Crippen LogP contribution in [0.25, 0.3) is 0 Å². The lowest BCUT2D eigenvalue weighted by Gasteiger charge is -1.93. The van der Waals surface area contributed by atoms with Crippen LogP contribution >= 0.6 is 0 Å². The van der Waals surface area contributed by atoms with Gasteiger partial charge in [-0.3, -0.25) is 4.79 Å². The van der Waals surface area contributed by atoms with Crippen molar-refractivity contribution in [1.29, 1.82) is 0 Å². The normalized spacial score (nSPS) is 9.80. The quantitative estimate of drug-likeness (QED) is 0.440. The molecule has 0 spiro atoms. The van der Waals surface area contributed by atoms with Gasteiger partial charge in [0, 0.05) is 6.92 Å². The van der Waals surface area contributed by atoms with Crippen LogP contribution in [0.3, 0.4) is 0 Å². The van der Waals surface area contributed by atoms with Crippen LogP contribution in [0.5, 0.6) is 0 Å². The van der Waals surface area contributed by atoms with Crippen molar-refractivity contribution in [2.24, 2.45) is 0 Å². The summed E-state index contributed by atoms with van der Waals surface area (Å²) in [5, 5.41) is 0. The molecule has 0 aliphatic carbocycles. The minimum Gasteiger partial charge on any atom is -0.462 e. The van der Waals surface area contributed by atoms with Crippen molar-refractivity contribution < 1.29 is 9.53 Å². The maximum atomic E-state index is 10.2. The molecule has 0 bridgehead atoms. The van der Waals surface area contributed by atoms with Crippen molar-refractivity contribution in [1.82, 2.24) is 0 Å². The van der Waals surface area contributed by atoms with Crippen LogP contribution in [0.15, 0.2) is 24.3 Å². The van der Waals surface area contributed by atoms with Gasteiger partial charge in [0.05, 0.1) is 0 Å². The predicted octanol–water partition coefficient (Wildman–Crippen LogP) is 1.68. The van der Waals surface area contributed by atoms with Gasteiger partial charge in [0.15, 0.2) is 0 Å². The molecular weight excluding hydrogens is 128 g/mol. The molecule has 0 heterocycles. The molecule has 0 aromatic rings. The van der Waals surface area contributed by atoms with E-state index in [0.717, 1.165) is 5.57 Å². The zero-order chi connectivity index (χ0) is 7.98. The Morgan fingerprint density at radius 1 is 1.60 bits per heavy atom. The first-order valence-electron chi connectivity index (χ1n) is 3.08. The molecule has 0 saturated carbocycles. The van der Waals surface area contributed by atoms with Gasteiger partial charge in [-0.25, -0.2) is 0 Å². The van der Waals surface area contributed by atoms with Crippen LogP contribution in [0.1, 0.15) is 13.8 Å². The van der Waals surface area contributed by atoms with E-state index in [4.69, 9.17) is 0 Å². The van der Waals surface area contributed by atoms with Crippen molar-refractivity contribution in [3.63, 3.8) is 0 Å². The molecule has 0 atom stereocenters. The molecule has 10 heavy (non-hydrogen) atoms. The van der Waals surface area contributed by atoms with Gasteiger partial charge in [-0.1, -0.05) is 18.2 Å². The smallest absolute Gasteiger partial charge is 0.302 e. The van der Waals surface area contributed by atoms with Crippen LogP contribution < -0.4 is 0 Å². The molecule has 0 fully saturated rings. The lowest BCUT2D eigenvalue weighted by Crippen LogP contribution is -1.97. The first-order valence-corrected chi connectivity index (χ1v) is 3.08. The second-order valence-corrected chi connectivity index (χ2v) is 2.05. The van der Waals surface area contributed by atoms with Crippen molar-refractivity contribution in [3.8, 4) is 0 Å². The Kier molecular flexibility index (Phi) is 4.29. The van der Waals surface area contributed by atoms with Gasteiger partial charge in [0.1, 0.15) is 6.61 Å². The number of esters is 1. The van der Waals surface area contributed by atoms with E-state index in [0.29, 0.717) is 6.61 Å². The van der Waals surface area contributed by atoms with Gasteiger partial charge in [0.25, 0.3) is 0 Å². The lowest BCUT2D eigenvalue weighted by atomic mass is 10.3. The molecule has 56 valence electrons. The van der Waals surface area contributed by atoms with Crippen LogP contribution in [-0.2, 0) is 9.53 Å². The molecule has 0 aromatic heterocycles. The molecule has 2 heteroatoms. The van der Waals surface area contributed by atoms with Gasteiger partial charge < -0.3 is 4.74 Å². The van der Waals surface area contributed by atoms with E-state index in [-0.39, 0.29) is 5.97 Å². The maximum absolute atomic E-state index is 10.2. The van der Waals surface area contributed by atoms with E-state index in [2.05, 4.69) is 11.3 Å². The maximum Gasteiger partial charge on any atom is 0.302 e. The Hall–Kier alpha value is -1.05. The summed E-state index contributed by atoms with van der Waals surface area (Å²) in [7, 11) is 0. The molecular formula is C8H12O2. The summed E-state index contributed by atoms with van der Waals surface area (Å²) >= 11 is 0. The number of carbonyl (C=O) groups excluding carboxylic acids is 1. The molecule has 0 aliphatic rings. The Balaban J connectivity index is 3.36. The highest BCUT2D eigenvalue weighted by molar-refractivity contribution is 5.65. The van der Waals surface area contributed by atoms with Crippen LogP contribution in [0.2, 0.25) is 0 Å². The van der Waals surface area contributed by atoms with Gasteiger partial charge >= 0.3 is 5.97 Å². The Morgan fingerprint density at radius 3 is 2.60 bits per heavy atom. The van der Waals surface area contributed by atoms with Gasteiger partial charge in [0.2, 0.25) is 0 Å². The molecule has 0 rings (SSSR count). The van der Waals surface area contributed by atoms with E-state index in [1.165, 1.54) is 6.92 Å². The predicted molar refractivity (Wildman–Crippen MR) is 40.6 cm³/mol. The molecule has 0 radical (unpaired) electrons. The Labute approximate surface area is 61.2 Å². The monoisotopic (exact) mass is 140 g/mol. The van der Waals surface area contributed by atoms with Gasteiger partial charge in [-0.2, -0.15) is 0 Å². The number of hydrogen-bond acceptors (Lipinski definition) is 2. The summed E-state index contributed by atoms with van der Waals surface area (Å²) in [6.45, 7) is 7.24. The third kappa shape index (κ3) is 6.95. The van der Waals surface area contributed by atoms with Crippen molar-refractivity contribution in [2.45, 2.75) is 13.8 Å². The SMILES string of the molecule is C=C(C)C=CCOC(C)=O. The number of ether oxygens (including phenoxy) is 1. The zero-order valence-corrected chi connectivity index (χ0v) is 6.39. The number of rotatable bonds is 3. The first-order chi connectivity index (χ1) is 4.63. The van der Waals surface area contributed by atoms with E-state index < -0.39 is 0 Å². The first kappa shape index (κ1) is 8.95. The minimum absolute atomic E-state index is 0.258. The van der Waals surface area contributed by atoms with Crippen LogP contribution in [0, 0.1) is 0 Å². The molecule has 0 N–H and O–H groups in total. The third-order valence-electron chi connectivity index (χ3n) is 0.785. The highest BCUT2D eigenvalue weighted by atomic mass is 16.5. The highest BCUT2D eigenvalue weighted by Crippen LogP contribution is 1.88. The Bertz CT molecular complexity index is 157. The molecule has 0 saturated heterocycles. The van der Waals surface area contributed by atoms with Crippen molar-refractivity contribution >= 4 is 5.97 Å². The number of allylic oxidation sites excluding steroid dienone is 2. The van der Waals surface area contributed by atoms with Crippen molar-refractivity contribution in [2.75, 3.05) is 6.61 Å². The average Bonchev–Trinajstić information content (AvgIpc) is 1.79. The summed E-state index contributed by atoms with van der Waals surface area (Å²) in [5.74, 6) is -0.258. The second kappa shape index (κ2) is 4.79. The fourth-order valence-electron chi connectivity index (χ4n) is 0.415. The minimum atomic E-state index is -0.258. The van der Waals surface area contributed by atoms with E-state index in [1.54, 1.807) is 6.08 Å².